The fraction of sp³-hybridized carbons (Fsp3) is 0.0938. The van der Waals surface area contributed by atoms with E-state index in [4.69, 9.17) is 9.47 Å². The molecule has 0 atom stereocenters. The maximum atomic E-state index is 13.6. The van der Waals surface area contributed by atoms with E-state index < -0.39 is 17.8 Å². The second kappa shape index (κ2) is 11.1. The van der Waals surface area contributed by atoms with Gasteiger partial charge < -0.3 is 9.47 Å². The van der Waals surface area contributed by atoms with Crippen LogP contribution < -0.4 is 19.3 Å². The maximum Gasteiger partial charge on any atom is 0.343 e. The van der Waals surface area contributed by atoms with Gasteiger partial charge in [0.25, 0.3) is 11.8 Å². The number of ether oxygens (including phenoxy) is 2. The second-order valence-corrected chi connectivity index (χ2v) is 8.98. The average molecular weight is 519 g/mol. The Morgan fingerprint density at radius 3 is 1.79 bits per heavy atom. The highest BCUT2D eigenvalue weighted by Crippen LogP contribution is 2.32. The van der Waals surface area contributed by atoms with Crippen molar-refractivity contribution in [3.05, 3.63) is 125 Å². The molecule has 4 amide bonds. The smallest absolute Gasteiger partial charge is 0.343 e. The van der Waals surface area contributed by atoms with E-state index in [1.807, 2.05) is 31.2 Å². The fourth-order valence-electron chi connectivity index (χ4n) is 4.24. The highest BCUT2D eigenvalue weighted by atomic mass is 16.5. The number of rotatable bonds is 7. The molecule has 0 N–H and O–H groups in total. The molecule has 0 radical (unpaired) electrons. The number of amides is 4. The largest absolute Gasteiger partial charge is 0.493 e. The van der Waals surface area contributed by atoms with Gasteiger partial charge in [-0.25, -0.2) is 14.6 Å². The first-order valence-electron chi connectivity index (χ1n) is 12.4. The van der Waals surface area contributed by atoms with Crippen LogP contribution in [0.5, 0.6) is 11.5 Å². The van der Waals surface area contributed by atoms with Crippen molar-refractivity contribution in [3.8, 4) is 11.5 Å². The number of barbiturate groups is 1. The summed E-state index contributed by atoms with van der Waals surface area (Å²) >= 11 is 0. The van der Waals surface area contributed by atoms with Gasteiger partial charge in [-0.15, -0.1) is 0 Å². The minimum Gasteiger partial charge on any atom is -0.493 e. The van der Waals surface area contributed by atoms with Gasteiger partial charge in [-0.1, -0.05) is 72.3 Å². The number of imide groups is 2. The predicted octanol–water partition coefficient (Wildman–Crippen LogP) is 6.17. The van der Waals surface area contributed by atoms with E-state index in [2.05, 4.69) is 0 Å². The van der Waals surface area contributed by atoms with Gasteiger partial charge in [-0.3, -0.25) is 9.59 Å². The van der Waals surface area contributed by atoms with Crippen LogP contribution in [0.3, 0.4) is 0 Å². The molecule has 1 heterocycles. The third-order valence-electron chi connectivity index (χ3n) is 6.29. The lowest BCUT2D eigenvalue weighted by molar-refractivity contribution is -0.121. The summed E-state index contributed by atoms with van der Waals surface area (Å²) in [6.45, 7) is 2.38. The van der Waals surface area contributed by atoms with E-state index in [1.54, 1.807) is 78.9 Å². The van der Waals surface area contributed by atoms with E-state index in [-0.39, 0.29) is 5.57 Å². The van der Waals surface area contributed by atoms with E-state index in [9.17, 15) is 14.4 Å². The van der Waals surface area contributed by atoms with Crippen LogP contribution in [0.25, 0.3) is 6.08 Å². The minimum atomic E-state index is -0.739. The summed E-state index contributed by atoms with van der Waals surface area (Å²) in [5, 5.41) is 0. The number of urea groups is 1. The monoisotopic (exact) mass is 518 g/mol. The molecule has 4 aromatic carbocycles. The van der Waals surface area contributed by atoms with Crippen molar-refractivity contribution in [2.24, 2.45) is 0 Å². The summed E-state index contributed by atoms with van der Waals surface area (Å²) in [5.41, 5.74) is 3.30. The zero-order chi connectivity index (χ0) is 27.4. The predicted molar refractivity (Wildman–Crippen MR) is 150 cm³/mol. The van der Waals surface area contributed by atoms with Gasteiger partial charge in [0.2, 0.25) is 0 Å². The lowest BCUT2D eigenvalue weighted by Crippen LogP contribution is -2.57. The first-order valence-corrected chi connectivity index (χ1v) is 12.4. The normalized spacial score (nSPS) is 13.5. The Hall–Kier alpha value is -5.17. The maximum absolute atomic E-state index is 13.6. The number of hydrogen-bond acceptors (Lipinski definition) is 5. The number of aryl methyl sites for hydroxylation is 1. The topological polar surface area (TPSA) is 76.2 Å². The van der Waals surface area contributed by atoms with Crippen molar-refractivity contribution in [1.82, 2.24) is 0 Å². The Morgan fingerprint density at radius 2 is 1.26 bits per heavy atom. The Labute approximate surface area is 226 Å². The third kappa shape index (κ3) is 5.29. The van der Waals surface area contributed by atoms with Crippen LogP contribution in [-0.2, 0) is 16.2 Å². The molecule has 5 rings (SSSR count). The zero-order valence-corrected chi connectivity index (χ0v) is 21.5. The van der Waals surface area contributed by atoms with Gasteiger partial charge in [-0.2, -0.15) is 0 Å². The van der Waals surface area contributed by atoms with Crippen molar-refractivity contribution < 1.29 is 23.9 Å². The summed E-state index contributed by atoms with van der Waals surface area (Å²) < 4.78 is 11.5. The highest BCUT2D eigenvalue weighted by molar-refractivity contribution is 6.46. The summed E-state index contributed by atoms with van der Waals surface area (Å²) in [6, 6.07) is 29.5. The first kappa shape index (κ1) is 25.5. The minimum absolute atomic E-state index is 0.155. The molecule has 0 spiro atoms. The number of benzene rings is 4. The van der Waals surface area contributed by atoms with Crippen LogP contribution in [0, 0.1) is 6.92 Å². The first-order chi connectivity index (χ1) is 19.0. The number of nitrogens with zero attached hydrogens (tertiary/aromatic N) is 2. The van der Waals surface area contributed by atoms with Gasteiger partial charge in [0.1, 0.15) is 12.2 Å². The number of carbonyl (C=O) groups excluding carboxylic acids is 3. The Bertz CT molecular complexity index is 1480. The number of para-hydroxylation sites is 2. The van der Waals surface area contributed by atoms with E-state index in [1.165, 1.54) is 18.7 Å². The highest BCUT2D eigenvalue weighted by Gasteiger charge is 2.43. The molecule has 4 aromatic rings. The lowest BCUT2D eigenvalue weighted by Gasteiger charge is -2.33. The molecule has 0 unspecified atom stereocenters. The number of methoxy groups -OCH3 is 1. The van der Waals surface area contributed by atoms with Crippen LogP contribution in [0.15, 0.2) is 109 Å². The molecule has 194 valence electrons. The van der Waals surface area contributed by atoms with Gasteiger partial charge >= 0.3 is 6.03 Å². The molecule has 0 bridgehead atoms. The van der Waals surface area contributed by atoms with Crippen LogP contribution >= 0.6 is 0 Å². The zero-order valence-electron chi connectivity index (χ0n) is 21.5. The van der Waals surface area contributed by atoms with Crippen molar-refractivity contribution >= 4 is 35.3 Å². The van der Waals surface area contributed by atoms with E-state index in [0.29, 0.717) is 35.0 Å². The van der Waals surface area contributed by atoms with Crippen LogP contribution in [0.2, 0.25) is 0 Å². The number of anilines is 2. The molecule has 0 saturated carbocycles. The molecule has 0 aromatic heterocycles. The molecule has 1 fully saturated rings. The molecule has 7 nitrogen and oxygen atoms in total. The van der Waals surface area contributed by atoms with Gasteiger partial charge in [0, 0.05) is 0 Å². The van der Waals surface area contributed by atoms with Crippen molar-refractivity contribution in [2.75, 3.05) is 16.9 Å². The van der Waals surface area contributed by atoms with Crippen LogP contribution in [-0.4, -0.2) is 25.0 Å². The van der Waals surface area contributed by atoms with Gasteiger partial charge in [0.05, 0.1) is 18.5 Å². The van der Waals surface area contributed by atoms with Crippen molar-refractivity contribution in [3.63, 3.8) is 0 Å². The van der Waals surface area contributed by atoms with Crippen molar-refractivity contribution in [2.45, 2.75) is 13.5 Å². The number of carbonyl (C=O) groups is 3. The second-order valence-electron chi connectivity index (χ2n) is 8.98. The Morgan fingerprint density at radius 1 is 0.692 bits per heavy atom. The SMILES string of the molecule is COc1cc(C=C2C(=O)N(c3ccccc3)C(=O)N(c3ccccc3)C2=O)ccc1OCc1ccc(C)cc1. The summed E-state index contributed by atoms with van der Waals surface area (Å²) in [7, 11) is 1.52. The third-order valence-corrected chi connectivity index (χ3v) is 6.29. The van der Waals surface area contributed by atoms with Crippen LogP contribution in [0.4, 0.5) is 16.2 Å². The average Bonchev–Trinajstić information content (AvgIpc) is 2.96. The van der Waals surface area contributed by atoms with E-state index in [0.717, 1.165) is 15.4 Å². The van der Waals surface area contributed by atoms with Crippen molar-refractivity contribution in [1.29, 1.82) is 0 Å². The molecule has 7 heteroatoms. The lowest BCUT2D eigenvalue weighted by atomic mass is 10.0. The molecular weight excluding hydrogens is 492 g/mol. The molecule has 0 aliphatic carbocycles. The van der Waals surface area contributed by atoms with Crippen LogP contribution in [0.1, 0.15) is 16.7 Å². The fourth-order valence-corrected chi connectivity index (χ4v) is 4.24. The summed E-state index contributed by atoms with van der Waals surface area (Å²) in [4.78, 5) is 42.6. The molecule has 1 aliphatic heterocycles. The summed E-state index contributed by atoms with van der Waals surface area (Å²) in [6.07, 6.45) is 1.47. The molecule has 1 saturated heterocycles. The van der Waals surface area contributed by atoms with Gasteiger partial charge in [-0.05, 0) is 60.5 Å². The van der Waals surface area contributed by atoms with E-state index >= 15 is 0 Å². The quantitative estimate of drug-likeness (QED) is 0.216. The molecule has 39 heavy (non-hydrogen) atoms. The Kier molecular flexibility index (Phi) is 7.23. The molecular formula is C32H26N2O5. The summed E-state index contributed by atoms with van der Waals surface area (Å²) in [5.74, 6) is -0.444. The standard InChI is InChI=1S/C32H26N2O5/c1-22-13-15-23(16-14-22)21-39-28-18-17-24(20-29(28)38-2)19-27-30(35)33(25-9-5-3-6-10-25)32(37)34(31(27)36)26-11-7-4-8-12-26/h3-20H,21H2,1-2H3. The van der Waals surface area contributed by atoms with Gasteiger partial charge in [0.15, 0.2) is 11.5 Å². The molecule has 1 aliphatic rings. The Balaban J connectivity index is 1.50. The number of hydrogen-bond donors (Lipinski definition) is 0.